The summed E-state index contributed by atoms with van der Waals surface area (Å²) in [6.45, 7) is 0. The first kappa shape index (κ1) is 8.05. The minimum atomic E-state index is -0.152. The van der Waals surface area contributed by atoms with Gasteiger partial charge in [-0.15, -0.1) is 0 Å². The normalized spacial score (nSPS) is 13.0. The van der Waals surface area contributed by atoms with E-state index in [4.69, 9.17) is 11.6 Å². The highest BCUT2D eigenvalue weighted by Crippen LogP contribution is 2.16. The lowest BCUT2D eigenvalue weighted by Crippen LogP contribution is -2.01. The number of halogens is 2. The highest BCUT2D eigenvalue weighted by molar-refractivity contribution is 9.08. The molecule has 0 saturated heterocycles. The largest absolute Gasteiger partial charge is 0.234 e. The zero-order chi connectivity index (χ0) is 7.40. The first-order valence-electron chi connectivity index (χ1n) is 2.90. The van der Waals surface area contributed by atoms with Crippen molar-refractivity contribution in [3.63, 3.8) is 0 Å². The van der Waals surface area contributed by atoms with Crippen LogP contribution in [0.5, 0.6) is 0 Å². The van der Waals surface area contributed by atoms with Crippen molar-refractivity contribution < 1.29 is 0 Å². The van der Waals surface area contributed by atoms with Crippen molar-refractivity contribution >= 4 is 27.7 Å². The van der Waals surface area contributed by atoms with Crippen LogP contribution in [0.15, 0.2) is 30.3 Å². The fourth-order valence-corrected chi connectivity index (χ4v) is 1.09. The monoisotopic (exact) mass is 219 g/mol. The van der Waals surface area contributed by atoms with Crippen molar-refractivity contribution in [1.29, 1.82) is 0 Å². The van der Waals surface area contributed by atoms with Crippen molar-refractivity contribution in [2.75, 3.05) is 0 Å². The van der Waals surface area contributed by atoms with E-state index < -0.39 is 0 Å². The van der Waals surface area contributed by atoms with Crippen LogP contribution in [-0.4, -0.2) is 0 Å². The van der Waals surface area contributed by atoms with E-state index in [0.29, 0.717) is 0 Å². The van der Waals surface area contributed by atoms with E-state index >= 15 is 0 Å². The smallest absolute Gasteiger partial charge is 0.117 e. The average molecular weight is 220 g/mol. The summed E-state index contributed by atoms with van der Waals surface area (Å²) in [4.78, 5) is 0. The van der Waals surface area contributed by atoms with Gasteiger partial charge in [0.2, 0.25) is 0 Å². The number of nitrogens with one attached hydrogen (secondary N) is 1. The summed E-state index contributed by atoms with van der Waals surface area (Å²) in [5.74, 6) is 0. The van der Waals surface area contributed by atoms with Gasteiger partial charge in [0.25, 0.3) is 0 Å². The standard InChI is InChI=1S/C7H7BrClN/c8-10-7(9)6-4-2-1-3-5-6/h1-5,7,10H. The number of benzene rings is 1. The van der Waals surface area contributed by atoms with Gasteiger partial charge in [-0.2, -0.15) is 0 Å². The molecule has 0 spiro atoms. The zero-order valence-corrected chi connectivity index (χ0v) is 7.56. The summed E-state index contributed by atoms with van der Waals surface area (Å²) in [7, 11) is 0. The molecule has 1 N–H and O–H groups in total. The van der Waals surface area contributed by atoms with Gasteiger partial charge >= 0.3 is 0 Å². The van der Waals surface area contributed by atoms with Crippen molar-refractivity contribution in [3.8, 4) is 0 Å². The summed E-state index contributed by atoms with van der Waals surface area (Å²) >= 11 is 8.90. The third-order valence-corrected chi connectivity index (χ3v) is 2.27. The maximum Gasteiger partial charge on any atom is 0.117 e. The molecule has 1 aromatic rings. The van der Waals surface area contributed by atoms with Crippen molar-refractivity contribution in [1.82, 2.24) is 4.34 Å². The average Bonchev–Trinajstić information content (AvgIpc) is 2.05. The van der Waals surface area contributed by atoms with Gasteiger partial charge < -0.3 is 0 Å². The van der Waals surface area contributed by atoms with Crippen LogP contribution in [0.1, 0.15) is 11.1 Å². The molecule has 0 amide bonds. The minimum Gasteiger partial charge on any atom is -0.234 e. The molecule has 0 bridgehead atoms. The van der Waals surface area contributed by atoms with E-state index in [1.807, 2.05) is 30.3 Å². The fraction of sp³-hybridized carbons (Fsp3) is 0.143. The lowest BCUT2D eigenvalue weighted by Gasteiger charge is -2.04. The lowest BCUT2D eigenvalue weighted by molar-refractivity contribution is 0.947. The van der Waals surface area contributed by atoms with Gasteiger partial charge in [-0.1, -0.05) is 41.9 Å². The molecule has 10 heavy (non-hydrogen) atoms. The van der Waals surface area contributed by atoms with Crippen LogP contribution in [-0.2, 0) is 0 Å². The molecule has 1 atom stereocenters. The van der Waals surface area contributed by atoms with Gasteiger partial charge in [0.05, 0.1) is 0 Å². The van der Waals surface area contributed by atoms with E-state index in [9.17, 15) is 0 Å². The SMILES string of the molecule is ClC(NBr)c1ccccc1. The molecule has 3 heteroatoms. The Kier molecular flexibility index (Phi) is 3.19. The molecule has 0 saturated carbocycles. The quantitative estimate of drug-likeness (QED) is 0.459. The molecule has 1 aromatic carbocycles. The first-order valence-corrected chi connectivity index (χ1v) is 4.12. The third-order valence-electron chi connectivity index (χ3n) is 1.19. The van der Waals surface area contributed by atoms with E-state index in [-0.39, 0.29) is 5.50 Å². The molecule has 1 unspecified atom stereocenters. The van der Waals surface area contributed by atoms with E-state index in [2.05, 4.69) is 20.5 Å². The zero-order valence-electron chi connectivity index (χ0n) is 5.22. The summed E-state index contributed by atoms with van der Waals surface area (Å²) in [6.07, 6.45) is 0. The van der Waals surface area contributed by atoms with Crippen LogP contribution in [0, 0.1) is 0 Å². The lowest BCUT2D eigenvalue weighted by atomic mass is 10.2. The van der Waals surface area contributed by atoms with Gasteiger partial charge in [0.1, 0.15) is 5.50 Å². The van der Waals surface area contributed by atoms with Crippen LogP contribution < -0.4 is 4.34 Å². The van der Waals surface area contributed by atoms with Crippen LogP contribution in [0.3, 0.4) is 0 Å². The van der Waals surface area contributed by atoms with E-state index in [0.717, 1.165) is 5.56 Å². The molecular weight excluding hydrogens is 213 g/mol. The second kappa shape index (κ2) is 3.96. The van der Waals surface area contributed by atoms with Crippen LogP contribution in [0.25, 0.3) is 0 Å². The Labute approximate surface area is 73.7 Å². The number of hydrogen-bond donors (Lipinski definition) is 1. The topological polar surface area (TPSA) is 12.0 Å². The van der Waals surface area contributed by atoms with Gasteiger partial charge in [-0.05, 0) is 5.56 Å². The van der Waals surface area contributed by atoms with E-state index in [1.165, 1.54) is 0 Å². The van der Waals surface area contributed by atoms with Crippen LogP contribution >= 0.6 is 27.7 Å². The predicted molar refractivity (Wildman–Crippen MR) is 47.1 cm³/mol. The Bertz CT molecular complexity index is 190. The summed E-state index contributed by atoms with van der Waals surface area (Å²) in [5, 5.41) is 0. The minimum absolute atomic E-state index is 0.152. The molecule has 0 aromatic heterocycles. The molecule has 0 aliphatic heterocycles. The first-order chi connectivity index (χ1) is 4.84. The summed E-state index contributed by atoms with van der Waals surface area (Å²) in [6, 6.07) is 9.79. The molecule has 0 radical (unpaired) electrons. The van der Waals surface area contributed by atoms with Crippen molar-refractivity contribution in [2.45, 2.75) is 5.50 Å². The summed E-state index contributed by atoms with van der Waals surface area (Å²) < 4.78 is 2.76. The predicted octanol–water partition coefficient (Wildman–Crippen LogP) is 2.82. The van der Waals surface area contributed by atoms with Gasteiger partial charge in [0, 0.05) is 16.1 Å². The van der Waals surface area contributed by atoms with Crippen LogP contribution in [0.2, 0.25) is 0 Å². The summed E-state index contributed by atoms with van der Waals surface area (Å²) in [5.41, 5.74) is 0.905. The molecular formula is C7H7BrClN. The Morgan fingerprint density at radius 3 is 2.40 bits per heavy atom. The molecule has 0 aliphatic carbocycles. The van der Waals surface area contributed by atoms with Crippen molar-refractivity contribution in [2.24, 2.45) is 0 Å². The molecule has 0 aliphatic rings. The fourth-order valence-electron chi connectivity index (χ4n) is 0.685. The number of hydrogen-bond acceptors (Lipinski definition) is 1. The van der Waals surface area contributed by atoms with Gasteiger partial charge in [-0.3, -0.25) is 0 Å². The third kappa shape index (κ3) is 1.97. The maximum atomic E-state index is 5.83. The number of alkyl halides is 1. The maximum absolute atomic E-state index is 5.83. The number of rotatable bonds is 2. The molecule has 1 nitrogen and oxygen atoms in total. The highest BCUT2D eigenvalue weighted by Gasteiger charge is 2.01. The molecule has 0 heterocycles. The van der Waals surface area contributed by atoms with E-state index in [1.54, 1.807) is 0 Å². The van der Waals surface area contributed by atoms with Gasteiger partial charge in [-0.25, -0.2) is 4.34 Å². The Morgan fingerprint density at radius 2 is 1.90 bits per heavy atom. The second-order valence-electron chi connectivity index (χ2n) is 1.88. The second-order valence-corrected chi connectivity index (χ2v) is 2.78. The molecule has 1 rings (SSSR count). The Morgan fingerprint density at radius 1 is 1.30 bits per heavy atom. The molecule has 54 valence electrons. The van der Waals surface area contributed by atoms with Crippen LogP contribution in [0.4, 0.5) is 0 Å². The van der Waals surface area contributed by atoms with Crippen molar-refractivity contribution in [3.05, 3.63) is 35.9 Å². The Hall–Kier alpha value is -0.0500. The Balaban J connectivity index is 2.75. The van der Waals surface area contributed by atoms with Gasteiger partial charge in [0.15, 0.2) is 0 Å². The molecule has 0 fully saturated rings. The highest BCUT2D eigenvalue weighted by atomic mass is 79.9.